The quantitative estimate of drug-likeness (QED) is 0.777. The first-order chi connectivity index (χ1) is 7.22. The Morgan fingerprint density at radius 3 is 2.93 bits per heavy atom. The molecule has 0 aromatic carbocycles. The molecule has 0 aliphatic carbocycles. The van der Waals surface area contributed by atoms with Crippen molar-refractivity contribution in [1.82, 2.24) is 5.32 Å². The largest absolute Gasteiger partial charge is 0.396 e. The van der Waals surface area contributed by atoms with Crippen LogP contribution in [0.2, 0.25) is 4.34 Å². The molecule has 0 aliphatic rings. The van der Waals surface area contributed by atoms with Crippen LogP contribution in [-0.2, 0) is 6.42 Å². The highest BCUT2D eigenvalue weighted by Crippen LogP contribution is 2.21. The maximum absolute atomic E-state index is 8.68. The van der Waals surface area contributed by atoms with E-state index in [1.54, 1.807) is 11.3 Å². The predicted molar refractivity (Wildman–Crippen MR) is 66.8 cm³/mol. The van der Waals surface area contributed by atoms with E-state index in [2.05, 4.69) is 18.3 Å². The van der Waals surface area contributed by atoms with Gasteiger partial charge >= 0.3 is 0 Å². The van der Waals surface area contributed by atoms with Crippen LogP contribution in [0.5, 0.6) is 0 Å². The first-order valence-corrected chi connectivity index (χ1v) is 6.50. The number of aliphatic hydroxyl groups excluding tert-OH is 1. The molecule has 0 aliphatic heterocycles. The van der Waals surface area contributed by atoms with Crippen LogP contribution in [0.15, 0.2) is 12.1 Å². The van der Waals surface area contributed by atoms with Crippen molar-refractivity contribution < 1.29 is 5.11 Å². The SMILES string of the molecule is CC(CCCO)NCCc1ccc(Cl)s1. The molecule has 1 aromatic heterocycles. The Labute approximate surface area is 100 Å². The predicted octanol–water partition coefficient (Wildman–Crippen LogP) is 2.69. The fourth-order valence-corrected chi connectivity index (χ4v) is 2.51. The molecule has 0 bridgehead atoms. The van der Waals surface area contributed by atoms with Crippen molar-refractivity contribution in [3.63, 3.8) is 0 Å². The second-order valence-electron chi connectivity index (χ2n) is 3.68. The molecule has 1 rings (SSSR count). The van der Waals surface area contributed by atoms with Crippen molar-refractivity contribution in [3.8, 4) is 0 Å². The number of aliphatic hydroxyl groups is 1. The van der Waals surface area contributed by atoms with Gasteiger partial charge in [-0.2, -0.15) is 0 Å². The van der Waals surface area contributed by atoms with Crippen LogP contribution in [0.25, 0.3) is 0 Å². The first kappa shape index (κ1) is 13.0. The first-order valence-electron chi connectivity index (χ1n) is 5.31. The van der Waals surface area contributed by atoms with E-state index in [0.29, 0.717) is 6.04 Å². The van der Waals surface area contributed by atoms with Crippen molar-refractivity contribution >= 4 is 22.9 Å². The molecule has 0 radical (unpaired) electrons. The fraction of sp³-hybridized carbons (Fsp3) is 0.636. The summed E-state index contributed by atoms with van der Waals surface area (Å²) in [6, 6.07) is 4.50. The van der Waals surface area contributed by atoms with Crippen molar-refractivity contribution in [3.05, 3.63) is 21.3 Å². The zero-order valence-electron chi connectivity index (χ0n) is 9.00. The summed E-state index contributed by atoms with van der Waals surface area (Å²) in [5.74, 6) is 0. The van der Waals surface area contributed by atoms with Gasteiger partial charge in [0.05, 0.1) is 4.34 Å². The number of rotatable bonds is 7. The van der Waals surface area contributed by atoms with Gasteiger partial charge in [-0.15, -0.1) is 11.3 Å². The number of nitrogens with one attached hydrogen (secondary N) is 1. The van der Waals surface area contributed by atoms with Gasteiger partial charge in [0, 0.05) is 24.1 Å². The van der Waals surface area contributed by atoms with Crippen LogP contribution in [0.4, 0.5) is 0 Å². The zero-order valence-corrected chi connectivity index (χ0v) is 10.6. The van der Waals surface area contributed by atoms with E-state index in [0.717, 1.165) is 30.1 Å². The average molecular weight is 248 g/mol. The Hall–Kier alpha value is -0.0900. The van der Waals surface area contributed by atoms with Crippen LogP contribution in [-0.4, -0.2) is 24.3 Å². The lowest BCUT2D eigenvalue weighted by Crippen LogP contribution is -2.28. The van der Waals surface area contributed by atoms with Gasteiger partial charge in [0.25, 0.3) is 0 Å². The molecule has 0 fully saturated rings. The third-order valence-corrected chi connectivity index (χ3v) is 3.58. The molecule has 0 saturated heterocycles. The van der Waals surface area contributed by atoms with Crippen LogP contribution < -0.4 is 5.32 Å². The highest BCUT2D eigenvalue weighted by Gasteiger charge is 2.01. The third kappa shape index (κ3) is 5.52. The van der Waals surface area contributed by atoms with Gasteiger partial charge in [-0.3, -0.25) is 0 Å². The van der Waals surface area contributed by atoms with E-state index in [1.807, 2.05) is 6.07 Å². The van der Waals surface area contributed by atoms with Gasteiger partial charge in [0.15, 0.2) is 0 Å². The van der Waals surface area contributed by atoms with E-state index in [-0.39, 0.29) is 6.61 Å². The van der Waals surface area contributed by atoms with Crippen LogP contribution in [0, 0.1) is 0 Å². The molecule has 15 heavy (non-hydrogen) atoms. The van der Waals surface area contributed by atoms with E-state index >= 15 is 0 Å². The van der Waals surface area contributed by atoms with Crippen LogP contribution in [0.3, 0.4) is 0 Å². The maximum atomic E-state index is 8.68. The second-order valence-corrected chi connectivity index (χ2v) is 5.48. The summed E-state index contributed by atoms with van der Waals surface area (Å²) in [6.45, 7) is 3.41. The fourth-order valence-electron chi connectivity index (χ4n) is 1.43. The minimum Gasteiger partial charge on any atom is -0.396 e. The summed E-state index contributed by atoms with van der Waals surface area (Å²) >= 11 is 7.48. The van der Waals surface area contributed by atoms with E-state index < -0.39 is 0 Å². The normalized spacial score (nSPS) is 13.0. The molecule has 2 N–H and O–H groups in total. The van der Waals surface area contributed by atoms with Crippen molar-refractivity contribution in [2.75, 3.05) is 13.2 Å². The molecule has 1 aromatic rings. The number of halogens is 1. The summed E-state index contributed by atoms with van der Waals surface area (Å²) in [5, 5.41) is 12.1. The number of hydrogen-bond donors (Lipinski definition) is 2. The Balaban J connectivity index is 2.10. The van der Waals surface area contributed by atoms with Crippen LogP contribution >= 0.6 is 22.9 Å². The van der Waals surface area contributed by atoms with E-state index in [1.165, 1.54) is 4.88 Å². The molecule has 2 nitrogen and oxygen atoms in total. The lowest BCUT2D eigenvalue weighted by atomic mass is 10.2. The Kier molecular flexibility index (Phi) is 6.25. The monoisotopic (exact) mass is 247 g/mol. The summed E-state index contributed by atoms with van der Waals surface area (Å²) in [5.41, 5.74) is 0. The van der Waals surface area contributed by atoms with E-state index in [9.17, 15) is 0 Å². The lowest BCUT2D eigenvalue weighted by molar-refractivity contribution is 0.276. The van der Waals surface area contributed by atoms with Gasteiger partial charge in [-0.1, -0.05) is 11.6 Å². The summed E-state index contributed by atoms with van der Waals surface area (Å²) in [4.78, 5) is 1.32. The Morgan fingerprint density at radius 2 is 2.33 bits per heavy atom. The lowest BCUT2D eigenvalue weighted by Gasteiger charge is -2.12. The molecule has 4 heteroatoms. The molecule has 1 atom stereocenters. The Morgan fingerprint density at radius 1 is 1.53 bits per heavy atom. The van der Waals surface area contributed by atoms with Gasteiger partial charge in [-0.25, -0.2) is 0 Å². The molecular weight excluding hydrogens is 230 g/mol. The van der Waals surface area contributed by atoms with Crippen molar-refractivity contribution in [1.29, 1.82) is 0 Å². The number of thiophene rings is 1. The van der Waals surface area contributed by atoms with Gasteiger partial charge in [0.1, 0.15) is 0 Å². The molecule has 0 spiro atoms. The highest BCUT2D eigenvalue weighted by molar-refractivity contribution is 7.16. The Bertz CT molecular complexity index is 277. The molecule has 0 amide bonds. The molecule has 0 saturated carbocycles. The summed E-state index contributed by atoms with van der Waals surface area (Å²) < 4.78 is 0.860. The number of hydrogen-bond acceptors (Lipinski definition) is 3. The van der Waals surface area contributed by atoms with Crippen LogP contribution in [0.1, 0.15) is 24.6 Å². The summed E-state index contributed by atoms with van der Waals surface area (Å²) in [7, 11) is 0. The van der Waals surface area contributed by atoms with E-state index in [4.69, 9.17) is 16.7 Å². The molecular formula is C11H18ClNOS. The standard InChI is InChI=1S/C11H18ClNOS/c1-9(3-2-8-14)13-7-6-10-4-5-11(12)15-10/h4-5,9,13-14H,2-3,6-8H2,1H3. The van der Waals surface area contributed by atoms with Gasteiger partial charge < -0.3 is 10.4 Å². The van der Waals surface area contributed by atoms with Crippen molar-refractivity contribution in [2.24, 2.45) is 0 Å². The van der Waals surface area contributed by atoms with Gasteiger partial charge in [-0.05, 0) is 38.3 Å². The molecule has 86 valence electrons. The smallest absolute Gasteiger partial charge is 0.0931 e. The minimum atomic E-state index is 0.284. The average Bonchev–Trinajstić information content (AvgIpc) is 2.61. The zero-order chi connectivity index (χ0) is 11.1. The highest BCUT2D eigenvalue weighted by atomic mass is 35.5. The minimum absolute atomic E-state index is 0.284. The summed E-state index contributed by atoms with van der Waals surface area (Å²) in [6.07, 6.45) is 2.93. The van der Waals surface area contributed by atoms with Gasteiger partial charge in [0.2, 0.25) is 0 Å². The second kappa shape index (κ2) is 7.23. The molecule has 1 heterocycles. The topological polar surface area (TPSA) is 32.3 Å². The third-order valence-electron chi connectivity index (χ3n) is 2.29. The maximum Gasteiger partial charge on any atom is 0.0931 e. The molecule has 1 unspecified atom stereocenters. The van der Waals surface area contributed by atoms with Crippen molar-refractivity contribution in [2.45, 2.75) is 32.2 Å².